The van der Waals surface area contributed by atoms with Crippen LogP contribution in [0.15, 0.2) is 30.3 Å². The first-order valence-electron chi connectivity index (χ1n) is 7.58. The van der Waals surface area contributed by atoms with Crippen LogP contribution in [0.1, 0.15) is 51.0 Å². The van der Waals surface area contributed by atoms with Gasteiger partial charge in [0.25, 0.3) is 0 Å². The van der Waals surface area contributed by atoms with Gasteiger partial charge in [0.1, 0.15) is 0 Å². The van der Waals surface area contributed by atoms with Gasteiger partial charge < -0.3 is 4.90 Å². The van der Waals surface area contributed by atoms with Gasteiger partial charge in [-0.1, -0.05) is 63.4 Å². The molecule has 0 aromatic heterocycles. The third-order valence-corrected chi connectivity index (χ3v) is 4.24. The zero-order valence-electron chi connectivity index (χ0n) is 11.9. The van der Waals surface area contributed by atoms with E-state index >= 15 is 0 Å². The molecule has 1 aromatic rings. The minimum atomic E-state index is 0.748. The zero-order valence-corrected chi connectivity index (χ0v) is 11.9. The van der Waals surface area contributed by atoms with Crippen molar-refractivity contribution in [2.24, 2.45) is 5.92 Å². The van der Waals surface area contributed by atoms with Crippen molar-refractivity contribution in [1.29, 1.82) is 0 Å². The van der Waals surface area contributed by atoms with Gasteiger partial charge in [-0.3, -0.25) is 0 Å². The van der Waals surface area contributed by atoms with Gasteiger partial charge >= 0.3 is 0 Å². The van der Waals surface area contributed by atoms with E-state index in [1.54, 1.807) is 0 Å². The molecule has 100 valence electrons. The van der Waals surface area contributed by atoms with Crippen LogP contribution in [0, 0.1) is 5.92 Å². The van der Waals surface area contributed by atoms with Crippen molar-refractivity contribution >= 4 is 0 Å². The fraction of sp³-hybridized carbons (Fsp3) is 0.647. The molecule has 1 aliphatic heterocycles. The van der Waals surface area contributed by atoms with E-state index < -0.39 is 0 Å². The molecular formula is C17H27N. The molecule has 2 rings (SSSR count). The summed E-state index contributed by atoms with van der Waals surface area (Å²) in [6, 6.07) is 11.0. The first-order valence-corrected chi connectivity index (χ1v) is 7.58. The van der Waals surface area contributed by atoms with Crippen molar-refractivity contribution in [3.63, 3.8) is 0 Å². The topological polar surface area (TPSA) is 3.24 Å². The molecule has 0 saturated carbocycles. The van der Waals surface area contributed by atoms with Crippen LogP contribution in [-0.4, -0.2) is 24.5 Å². The van der Waals surface area contributed by atoms with E-state index in [4.69, 9.17) is 0 Å². The van der Waals surface area contributed by atoms with Crippen LogP contribution in [-0.2, 0) is 0 Å². The van der Waals surface area contributed by atoms with Crippen LogP contribution in [0.2, 0.25) is 0 Å². The number of likely N-dealkylation sites (tertiary alicyclic amines) is 1. The lowest BCUT2D eigenvalue weighted by molar-refractivity contribution is 0.317. The van der Waals surface area contributed by atoms with Gasteiger partial charge in [0, 0.05) is 19.0 Å². The fourth-order valence-corrected chi connectivity index (χ4v) is 3.15. The Morgan fingerprint density at radius 3 is 2.56 bits per heavy atom. The zero-order chi connectivity index (χ0) is 12.8. The predicted octanol–water partition coefficient (Wildman–Crippen LogP) is 4.30. The number of nitrogens with zero attached hydrogens (tertiary/aromatic N) is 1. The Balaban J connectivity index is 1.82. The van der Waals surface area contributed by atoms with Crippen molar-refractivity contribution in [3.05, 3.63) is 35.9 Å². The lowest BCUT2D eigenvalue weighted by Gasteiger charge is -2.16. The average Bonchev–Trinajstić information content (AvgIpc) is 2.77. The molecule has 0 unspecified atom stereocenters. The highest BCUT2D eigenvalue weighted by atomic mass is 15.1. The molecule has 1 aromatic carbocycles. The second-order valence-corrected chi connectivity index (χ2v) is 5.81. The fourth-order valence-electron chi connectivity index (χ4n) is 3.15. The highest BCUT2D eigenvalue weighted by Gasteiger charge is 2.29. The van der Waals surface area contributed by atoms with Crippen molar-refractivity contribution in [1.82, 2.24) is 4.90 Å². The lowest BCUT2D eigenvalue weighted by Crippen LogP contribution is -2.21. The Morgan fingerprint density at radius 1 is 1.06 bits per heavy atom. The number of hydrogen-bond acceptors (Lipinski definition) is 1. The monoisotopic (exact) mass is 245 g/mol. The number of unbranched alkanes of at least 4 members (excludes halogenated alkanes) is 3. The first kappa shape index (κ1) is 13.6. The Labute approximate surface area is 112 Å². The van der Waals surface area contributed by atoms with Crippen LogP contribution >= 0.6 is 0 Å². The minimum Gasteiger partial charge on any atom is -0.302 e. The average molecular weight is 245 g/mol. The Hall–Kier alpha value is -0.820. The summed E-state index contributed by atoms with van der Waals surface area (Å²) < 4.78 is 0. The molecule has 0 radical (unpaired) electrons. The highest BCUT2D eigenvalue weighted by Crippen LogP contribution is 2.32. The molecule has 0 bridgehead atoms. The predicted molar refractivity (Wildman–Crippen MR) is 78.9 cm³/mol. The summed E-state index contributed by atoms with van der Waals surface area (Å²) in [5.41, 5.74) is 1.53. The van der Waals surface area contributed by atoms with Crippen LogP contribution in [0.5, 0.6) is 0 Å². The summed E-state index contributed by atoms with van der Waals surface area (Å²) in [7, 11) is 0. The van der Waals surface area contributed by atoms with Gasteiger partial charge in [0.05, 0.1) is 0 Å². The quantitative estimate of drug-likeness (QED) is 0.675. The lowest BCUT2D eigenvalue weighted by atomic mass is 9.90. The normalized spacial score (nSPS) is 24.6. The van der Waals surface area contributed by atoms with Gasteiger partial charge in [-0.05, 0) is 24.4 Å². The molecule has 0 amide bonds. The summed E-state index contributed by atoms with van der Waals surface area (Å²) >= 11 is 0. The van der Waals surface area contributed by atoms with Crippen molar-refractivity contribution in [2.75, 3.05) is 19.6 Å². The number of benzene rings is 1. The Bertz CT molecular complexity index is 333. The first-order chi connectivity index (χ1) is 8.81. The largest absolute Gasteiger partial charge is 0.302 e. The van der Waals surface area contributed by atoms with E-state index in [1.807, 2.05) is 0 Å². The van der Waals surface area contributed by atoms with Crippen LogP contribution < -0.4 is 0 Å². The molecule has 2 atom stereocenters. The molecule has 1 nitrogen and oxygen atoms in total. The molecule has 1 fully saturated rings. The molecule has 0 spiro atoms. The third kappa shape index (κ3) is 3.58. The molecule has 1 saturated heterocycles. The van der Waals surface area contributed by atoms with E-state index in [1.165, 1.54) is 50.9 Å². The van der Waals surface area contributed by atoms with Crippen LogP contribution in [0.4, 0.5) is 0 Å². The SMILES string of the molecule is CCCCCCN1C[C@@H](C)[C@H](c2ccccc2)C1. The maximum Gasteiger partial charge on any atom is 0.00534 e. The maximum absolute atomic E-state index is 2.66. The van der Waals surface area contributed by atoms with Crippen molar-refractivity contribution in [2.45, 2.75) is 45.4 Å². The van der Waals surface area contributed by atoms with E-state index in [0.717, 1.165) is 11.8 Å². The summed E-state index contributed by atoms with van der Waals surface area (Å²) in [5, 5.41) is 0. The standard InChI is InChI=1S/C17H27N/c1-3-4-5-9-12-18-13-15(2)17(14-18)16-10-7-6-8-11-16/h6-8,10-11,15,17H,3-5,9,12-14H2,1-2H3/t15-,17-/m1/s1. The summed E-state index contributed by atoms with van der Waals surface area (Å²) in [6.45, 7) is 8.53. The van der Waals surface area contributed by atoms with Crippen molar-refractivity contribution < 1.29 is 0 Å². The summed E-state index contributed by atoms with van der Waals surface area (Å²) in [5.74, 6) is 1.55. The second-order valence-electron chi connectivity index (χ2n) is 5.81. The van der Waals surface area contributed by atoms with Gasteiger partial charge in [-0.2, -0.15) is 0 Å². The van der Waals surface area contributed by atoms with Crippen LogP contribution in [0.25, 0.3) is 0 Å². The number of hydrogen-bond donors (Lipinski definition) is 0. The molecule has 18 heavy (non-hydrogen) atoms. The molecule has 1 aliphatic rings. The highest BCUT2D eigenvalue weighted by molar-refractivity contribution is 5.22. The Morgan fingerprint density at radius 2 is 1.83 bits per heavy atom. The molecule has 0 N–H and O–H groups in total. The van der Waals surface area contributed by atoms with Gasteiger partial charge in [0.2, 0.25) is 0 Å². The maximum atomic E-state index is 2.66. The molecule has 1 heterocycles. The van der Waals surface area contributed by atoms with E-state index in [0.29, 0.717) is 0 Å². The van der Waals surface area contributed by atoms with E-state index in [-0.39, 0.29) is 0 Å². The van der Waals surface area contributed by atoms with E-state index in [9.17, 15) is 0 Å². The minimum absolute atomic E-state index is 0.748. The summed E-state index contributed by atoms with van der Waals surface area (Å²) in [6.07, 6.45) is 5.51. The smallest absolute Gasteiger partial charge is 0.00534 e. The molecular weight excluding hydrogens is 218 g/mol. The van der Waals surface area contributed by atoms with Crippen LogP contribution in [0.3, 0.4) is 0 Å². The molecule has 0 aliphatic carbocycles. The molecule has 1 heteroatoms. The van der Waals surface area contributed by atoms with Gasteiger partial charge in [-0.15, -0.1) is 0 Å². The summed E-state index contributed by atoms with van der Waals surface area (Å²) in [4.78, 5) is 2.66. The van der Waals surface area contributed by atoms with E-state index in [2.05, 4.69) is 49.1 Å². The third-order valence-electron chi connectivity index (χ3n) is 4.24. The van der Waals surface area contributed by atoms with Gasteiger partial charge in [0.15, 0.2) is 0 Å². The second kappa shape index (κ2) is 6.94. The Kier molecular flexibility index (Phi) is 5.25. The number of rotatable bonds is 6. The van der Waals surface area contributed by atoms with Crippen molar-refractivity contribution in [3.8, 4) is 0 Å². The van der Waals surface area contributed by atoms with Gasteiger partial charge in [-0.25, -0.2) is 0 Å².